The molecule has 0 unspecified atom stereocenters. The van der Waals surface area contributed by atoms with Crippen LogP contribution in [-0.2, 0) is 0 Å². The highest BCUT2D eigenvalue weighted by atomic mass is 32.1. The maximum absolute atomic E-state index is 11.3. The predicted molar refractivity (Wildman–Crippen MR) is 33.7 cm³/mol. The van der Waals surface area contributed by atoms with Crippen LogP contribution in [0, 0.1) is 0 Å². The molecule has 0 aliphatic carbocycles. The van der Waals surface area contributed by atoms with E-state index in [1.54, 1.807) is 0 Å². The van der Waals surface area contributed by atoms with Crippen molar-refractivity contribution in [1.82, 2.24) is 0 Å². The maximum atomic E-state index is 11.3. The third-order valence-electron chi connectivity index (χ3n) is 0.830. The van der Waals surface area contributed by atoms with E-state index in [1.165, 1.54) is 0 Å². The summed E-state index contributed by atoms with van der Waals surface area (Å²) in [5, 5.41) is 0. The van der Waals surface area contributed by atoms with E-state index in [-0.39, 0.29) is 6.42 Å². The Morgan fingerprint density at radius 2 is 1.88 bits per heavy atom. The summed E-state index contributed by atoms with van der Waals surface area (Å²) < 4.78 is 22.7. The fraction of sp³-hybridized carbons (Fsp3) is 1.00. The summed E-state index contributed by atoms with van der Waals surface area (Å²) in [4.78, 5) is 0. The summed E-state index contributed by atoms with van der Waals surface area (Å²) in [6, 6.07) is 0. The normalized spacial score (nSPS) is 10.5. The fourth-order valence-electron chi connectivity index (χ4n) is 0.410. The van der Waals surface area contributed by atoms with Crippen molar-refractivity contribution < 1.29 is 8.78 Å². The van der Waals surface area contributed by atoms with Crippen molar-refractivity contribution in [2.45, 2.75) is 25.7 Å². The van der Waals surface area contributed by atoms with E-state index in [0.29, 0.717) is 12.2 Å². The molecule has 0 nitrogen and oxygen atoms in total. The van der Waals surface area contributed by atoms with Gasteiger partial charge in [0.1, 0.15) is 0 Å². The van der Waals surface area contributed by atoms with Gasteiger partial charge in [-0.3, -0.25) is 0 Å². The molecule has 3 heteroatoms. The number of unbranched alkanes of at least 4 members (excludes halogenated alkanes) is 1. The standard InChI is InChI=1S/C5H10F2S/c6-5(7)3-1-2-4-8/h5,8H,1-4H2. The van der Waals surface area contributed by atoms with Crippen LogP contribution in [0.5, 0.6) is 0 Å². The first-order chi connectivity index (χ1) is 3.77. The first kappa shape index (κ1) is 8.21. The van der Waals surface area contributed by atoms with Crippen LogP contribution in [0.2, 0.25) is 0 Å². The Labute approximate surface area is 53.7 Å². The van der Waals surface area contributed by atoms with Gasteiger partial charge in [0.15, 0.2) is 0 Å². The van der Waals surface area contributed by atoms with Crippen molar-refractivity contribution in [1.29, 1.82) is 0 Å². The van der Waals surface area contributed by atoms with E-state index in [2.05, 4.69) is 12.6 Å². The Kier molecular flexibility index (Phi) is 5.49. The van der Waals surface area contributed by atoms with Crippen molar-refractivity contribution >= 4 is 12.6 Å². The highest BCUT2D eigenvalue weighted by Crippen LogP contribution is 2.05. The second-order valence-corrected chi connectivity index (χ2v) is 2.06. The Bertz CT molecular complexity index is 47.7. The van der Waals surface area contributed by atoms with E-state index in [0.717, 1.165) is 6.42 Å². The lowest BCUT2D eigenvalue weighted by molar-refractivity contribution is 0.134. The molecule has 0 aliphatic rings. The summed E-state index contributed by atoms with van der Waals surface area (Å²) in [5.41, 5.74) is 0. The molecular weight excluding hydrogens is 130 g/mol. The van der Waals surface area contributed by atoms with Crippen LogP contribution in [0.1, 0.15) is 19.3 Å². The van der Waals surface area contributed by atoms with Gasteiger partial charge in [-0.2, -0.15) is 12.6 Å². The lowest BCUT2D eigenvalue weighted by Crippen LogP contribution is -1.89. The fourth-order valence-corrected chi connectivity index (χ4v) is 0.634. The Morgan fingerprint density at radius 3 is 2.25 bits per heavy atom. The lowest BCUT2D eigenvalue weighted by Gasteiger charge is -1.94. The van der Waals surface area contributed by atoms with Gasteiger partial charge in [-0.15, -0.1) is 0 Å². The second kappa shape index (κ2) is 5.35. The molecule has 0 rings (SSSR count). The summed E-state index contributed by atoms with van der Waals surface area (Å²) in [7, 11) is 0. The van der Waals surface area contributed by atoms with E-state index in [1.807, 2.05) is 0 Å². The quantitative estimate of drug-likeness (QED) is 0.449. The zero-order chi connectivity index (χ0) is 6.41. The van der Waals surface area contributed by atoms with Gasteiger partial charge < -0.3 is 0 Å². The molecular formula is C5H10F2S. The van der Waals surface area contributed by atoms with Gasteiger partial charge in [-0.25, -0.2) is 8.78 Å². The molecule has 0 fully saturated rings. The zero-order valence-electron chi connectivity index (χ0n) is 4.61. The molecule has 0 bridgehead atoms. The molecule has 0 spiro atoms. The van der Waals surface area contributed by atoms with Crippen molar-refractivity contribution in [2.75, 3.05) is 5.75 Å². The maximum Gasteiger partial charge on any atom is 0.238 e. The SMILES string of the molecule is FC(F)CCCCS. The Hall–Kier alpha value is 0.210. The lowest BCUT2D eigenvalue weighted by atomic mass is 10.3. The molecule has 0 aromatic carbocycles. The van der Waals surface area contributed by atoms with Crippen molar-refractivity contribution in [3.05, 3.63) is 0 Å². The monoisotopic (exact) mass is 140 g/mol. The van der Waals surface area contributed by atoms with Crippen LogP contribution in [0.25, 0.3) is 0 Å². The number of thiol groups is 1. The number of hydrogen-bond acceptors (Lipinski definition) is 1. The molecule has 0 heterocycles. The van der Waals surface area contributed by atoms with Gasteiger partial charge >= 0.3 is 0 Å². The number of alkyl halides is 2. The minimum Gasteiger partial charge on any atom is -0.211 e. The molecule has 0 saturated heterocycles. The molecule has 0 N–H and O–H groups in total. The number of halogens is 2. The smallest absolute Gasteiger partial charge is 0.211 e. The minimum atomic E-state index is -2.13. The van der Waals surface area contributed by atoms with Crippen molar-refractivity contribution in [2.24, 2.45) is 0 Å². The average Bonchev–Trinajstić information content (AvgIpc) is 1.66. The first-order valence-electron chi connectivity index (χ1n) is 2.66. The van der Waals surface area contributed by atoms with Crippen LogP contribution >= 0.6 is 12.6 Å². The van der Waals surface area contributed by atoms with Crippen LogP contribution in [0.3, 0.4) is 0 Å². The molecule has 0 amide bonds. The number of hydrogen-bond donors (Lipinski definition) is 1. The third kappa shape index (κ3) is 6.21. The van der Waals surface area contributed by atoms with Gasteiger partial charge in [0.2, 0.25) is 6.43 Å². The summed E-state index contributed by atoms with van der Waals surface area (Å²) in [5.74, 6) is 0.715. The third-order valence-corrected chi connectivity index (χ3v) is 1.15. The van der Waals surface area contributed by atoms with Gasteiger partial charge in [-0.05, 0) is 18.6 Å². The minimum absolute atomic E-state index is 0.0283. The molecule has 8 heavy (non-hydrogen) atoms. The van der Waals surface area contributed by atoms with Crippen LogP contribution < -0.4 is 0 Å². The molecule has 50 valence electrons. The van der Waals surface area contributed by atoms with Crippen LogP contribution in [0.15, 0.2) is 0 Å². The molecule has 0 aliphatic heterocycles. The zero-order valence-corrected chi connectivity index (χ0v) is 5.50. The largest absolute Gasteiger partial charge is 0.238 e. The molecule has 0 aromatic heterocycles. The van der Waals surface area contributed by atoms with E-state index < -0.39 is 6.43 Å². The number of rotatable bonds is 4. The molecule has 0 saturated carbocycles. The van der Waals surface area contributed by atoms with E-state index in [4.69, 9.17) is 0 Å². The Morgan fingerprint density at radius 1 is 1.25 bits per heavy atom. The highest BCUT2D eigenvalue weighted by molar-refractivity contribution is 7.80. The van der Waals surface area contributed by atoms with Crippen molar-refractivity contribution in [3.63, 3.8) is 0 Å². The summed E-state index contributed by atoms with van der Waals surface area (Å²) >= 11 is 3.88. The molecule has 0 radical (unpaired) electrons. The summed E-state index contributed by atoms with van der Waals surface area (Å²) in [6.07, 6.45) is -0.704. The highest BCUT2D eigenvalue weighted by Gasteiger charge is 1.99. The second-order valence-electron chi connectivity index (χ2n) is 1.61. The average molecular weight is 140 g/mol. The molecule has 0 atom stereocenters. The summed E-state index contributed by atoms with van der Waals surface area (Å²) in [6.45, 7) is 0. The van der Waals surface area contributed by atoms with Crippen LogP contribution in [0.4, 0.5) is 8.78 Å². The van der Waals surface area contributed by atoms with Gasteiger partial charge in [0, 0.05) is 6.42 Å². The topological polar surface area (TPSA) is 0 Å². The van der Waals surface area contributed by atoms with Gasteiger partial charge in [0.05, 0.1) is 0 Å². The molecule has 0 aromatic rings. The van der Waals surface area contributed by atoms with Crippen LogP contribution in [-0.4, -0.2) is 12.2 Å². The Balaban J connectivity index is 2.72. The van der Waals surface area contributed by atoms with E-state index in [9.17, 15) is 8.78 Å². The van der Waals surface area contributed by atoms with E-state index >= 15 is 0 Å². The van der Waals surface area contributed by atoms with Crippen molar-refractivity contribution in [3.8, 4) is 0 Å². The van der Waals surface area contributed by atoms with Gasteiger partial charge in [0.25, 0.3) is 0 Å². The predicted octanol–water partition coefficient (Wildman–Crippen LogP) is 2.35. The van der Waals surface area contributed by atoms with Gasteiger partial charge in [-0.1, -0.05) is 0 Å². The first-order valence-corrected chi connectivity index (χ1v) is 3.29.